The van der Waals surface area contributed by atoms with E-state index in [2.05, 4.69) is 15.3 Å². The van der Waals surface area contributed by atoms with Crippen LogP contribution in [0.1, 0.15) is 5.56 Å². The number of nitro benzene ring substituents is 1. The molecule has 0 bridgehead atoms. The van der Waals surface area contributed by atoms with Gasteiger partial charge < -0.3 is 5.32 Å². The van der Waals surface area contributed by atoms with Gasteiger partial charge in [0.05, 0.1) is 10.4 Å². The summed E-state index contributed by atoms with van der Waals surface area (Å²) in [5.41, 5.74) is 1.48. The largest absolute Gasteiger partial charge is 0.365 e. The highest BCUT2D eigenvalue weighted by Gasteiger charge is 2.16. The number of rotatable bonds is 4. The van der Waals surface area contributed by atoms with Gasteiger partial charge in [0.25, 0.3) is 5.69 Å². The van der Waals surface area contributed by atoms with Gasteiger partial charge in [0, 0.05) is 18.0 Å². The topological polar surface area (TPSA) is 81.0 Å². The van der Waals surface area contributed by atoms with E-state index in [1.807, 2.05) is 30.3 Å². The standard InChI is InChI=1S/C15H11ClN4O2/c16-12-7-13-11(6-14(12)20(21)22)15(19-9-18-13)17-8-10-4-2-1-3-5-10/h1-7,9H,8H2,(H,17,18,19). The lowest BCUT2D eigenvalue weighted by Crippen LogP contribution is -2.03. The second kappa shape index (κ2) is 5.95. The van der Waals surface area contributed by atoms with E-state index in [0.717, 1.165) is 5.56 Å². The molecular weight excluding hydrogens is 304 g/mol. The zero-order chi connectivity index (χ0) is 15.5. The van der Waals surface area contributed by atoms with Gasteiger partial charge in [0.1, 0.15) is 17.2 Å². The van der Waals surface area contributed by atoms with E-state index in [1.165, 1.54) is 18.5 Å². The molecule has 7 heteroatoms. The van der Waals surface area contributed by atoms with Crippen LogP contribution in [-0.2, 0) is 6.54 Å². The minimum atomic E-state index is -0.518. The molecule has 110 valence electrons. The zero-order valence-corrected chi connectivity index (χ0v) is 12.1. The van der Waals surface area contributed by atoms with Gasteiger partial charge in [0.15, 0.2) is 0 Å². The number of aromatic nitrogens is 2. The smallest absolute Gasteiger partial charge is 0.288 e. The van der Waals surface area contributed by atoms with E-state index in [1.54, 1.807) is 0 Å². The molecule has 0 unspecified atom stereocenters. The summed E-state index contributed by atoms with van der Waals surface area (Å²) >= 11 is 5.90. The van der Waals surface area contributed by atoms with Gasteiger partial charge in [-0.3, -0.25) is 10.1 Å². The Balaban J connectivity index is 1.98. The number of benzene rings is 2. The number of nitrogens with zero attached hydrogens (tertiary/aromatic N) is 3. The van der Waals surface area contributed by atoms with E-state index in [9.17, 15) is 10.1 Å². The Bertz CT molecular complexity index is 840. The molecule has 0 radical (unpaired) electrons. The monoisotopic (exact) mass is 314 g/mol. The fourth-order valence-electron chi connectivity index (χ4n) is 2.13. The normalized spacial score (nSPS) is 10.6. The number of halogens is 1. The molecule has 1 N–H and O–H groups in total. The van der Waals surface area contributed by atoms with Crippen LogP contribution < -0.4 is 5.32 Å². The summed E-state index contributed by atoms with van der Waals surface area (Å²) in [5.74, 6) is 0.536. The predicted molar refractivity (Wildman–Crippen MR) is 85.0 cm³/mol. The van der Waals surface area contributed by atoms with Crippen molar-refractivity contribution >= 4 is 34.0 Å². The van der Waals surface area contributed by atoms with Crippen LogP contribution in [-0.4, -0.2) is 14.9 Å². The fourth-order valence-corrected chi connectivity index (χ4v) is 2.36. The Morgan fingerprint density at radius 1 is 1.18 bits per heavy atom. The minimum absolute atomic E-state index is 0.0604. The van der Waals surface area contributed by atoms with Crippen LogP contribution in [0, 0.1) is 10.1 Å². The Morgan fingerprint density at radius 3 is 2.68 bits per heavy atom. The third kappa shape index (κ3) is 2.82. The molecule has 2 aromatic carbocycles. The van der Waals surface area contributed by atoms with Crippen LogP contribution in [0.15, 0.2) is 48.8 Å². The number of anilines is 1. The lowest BCUT2D eigenvalue weighted by atomic mass is 10.2. The van der Waals surface area contributed by atoms with Crippen molar-refractivity contribution in [3.63, 3.8) is 0 Å². The first-order valence-electron chi connectivity index (χ1n) is 6.51. The highest BCUT2D eigenvalue weighted by Crippen LogP contribution is 2.31. The molecule has 0 fully saturated rings. The second-order valence-corrected chi connectivity index (χ2v) is 5.05. The summed E-state index contributed by atoms with van der Waals surface area (Å²) < 4.78 is 0. The molecule has 0 spiro atoms. The summed E-state index contributed by atoms with van der Waals surface area (Å²) in [4.78, 5) is 18.8. The van der Waals surface area contributed by atoms with Crippen molar-refractivity contribution in [2.24, 2.45) is 0 Å². The van der Waals surface area contributed by atoms with E-state index in [0.29, 0.717) is 23.3 Å². The lowest BCUT2D eigenvalue weighted by molar-refractivity contribution is -0.384. The van der Waals surface area contributed by atoms with Crippen LogP contribution in [0.5, 0.6) is 0 Å². The second-order valence-electron chi connectivity index (χ2n) is 4.64. The molecule has 0 aliphatic rings. The number of hydrogen-bond donors (Lipinski definition) is 1. The van der Waals surface area contributed by atoms with Gasteiger partial charge in [-0.25, -0.2) is 9.97 Å². The SMILES string of the molecule is O=[N+]([O-])c1cc2c(NCc3ccccc3)ncnc2cc1Cl. The average molecular weight is 315 g/mol. The van der Waals surface area contributed by atoms with Gasteiger partial charge in [-0.05, 0) is 11.6 Å². The number of nitrogens with one attached hydrogen (secondary N) is 1. The Morgan fingerprint density at radius 2 is 1.95 bits per heavy atom. The molecule has 6 nitrogen and oxygen atoms in total. The Labute approximate surface area is 130 Å². The molecular formula is C15H11ClN4O2. The molecule has 0 aliphatic carbocycles. The average Bonchev–Trinajstić information content (AvgIpc) is 2.52. The maximum absolute atomic E-state index is 11.0. The highest BCUT2D eigenvalue weighted by molar-refractivity contribution is 6.33. The summed E-state index contributed by atoms with van der Waals surface area (Å²) in [5, 5.41) is 14.8. The van der Waals surface area contributed by atoms with Crippen molar-refractivity contribution < 1.29 is 4.92 Å². The Kier molecular flexibility index (Phi) is 3.84. The molecule has 22 heavy (non-hydrogen) atoms. The molecule has 0 saturated heterocycles. The summed E-state index contributed by atoms with van der Waals surface area (Å²) in [6, 6.07) is 12.7. The Hall–Kier alpha value is -2.73. The molecule has 0 atom stereocenters. The molecule has 1 heterocycles. The van der Waals surface area contributed by atoms with E-state index >= 15 is 0 Å². The maximum Gasteiger partial charge on any atom is 0.288 e. The first kappa shape index (κ1) is 14.2. The lowest BCUT2D eigenvalue weighted by Gasteiger charge is -2.08. The first-order valence-corrected chi connectivity index (χ1v) is 6.89. The van der Waals surface area contributed by atoms with E-state index < -0.39 is 4.92 Å². The number of nitro groups is 1. The summed E-state index contributed by atoms with van der Waals surface area (Å²) in [6.07, 6.45) is 1.40. The van der Waals surface area contributed by atoms with Crippen LogP contribution in [0.2, 0.25) is 5.02 Å². The minimum Gasteiger partial charge on any atom is -0.365 e. The van der Waals surface area contributed by atoms with Crippen LogP contribution in [0.4, 0.5) is 11.5 Å². The van der Waals surface area contributed by atoms with Gasteiger partial charge >= 0.3 is 0 Å². The van der Waals surface area contributed by atoms with Gasteiger partial charge in [-0.15, -0.1) is 0 Å². The number of hydrogen-bond acceptors (Lipinski definition) is 5. The van der Waals surface area contributed by atoms with Crippen molar-refractivity contribution in [1.29, 1.82) is 0 Å². The van der Waals surface area contributed by atoms with Gasteiger partial charge in [-0.1, -0.05) is 41.9 Å². The molecule has 1 aromatic heterocycles. The van der Waals surface area contributed by atoms with Crippen LogP contribution in [0.3, 0.4) is 0 Å². The van der Waals surface area contributed by atoms with E-state index in [4.69, 9.17) is 11.6 Å². The van der Waals surface area contributed by atoms with Crippen molar-refractivity contribution in [3.8, 4) is 0 Å². The summed E-state index contributed by atoms with van der Waals surface area (Å²) in [6.45, 7) is 0.559. The van der Waals surface area contributed by atoms with Crippen molar-refractivity contribution in [2.75, 3.05) is 5.32 Å². The summed E-state index contributed by atoms with van der Waals surface area (Å²) in [7, 11) is 0. The highest BCUT2D eigenvalue weighted by atomic mass is 35.5. The van der Waals surface area contributed by atoms with Crippen LogP contribution >= 0.6 is 11.6 Å². The van der Waals surface area contributed by atoms with Crippen molar-refractivity contribution in [3.05, 3.63) is 69.5 Å². The molecule has 0 amide bonds. The van der Waals surface area contributed by atoms with Crippen molar-refractivity contribution in [1.82, 2.24) is 9.97 Å². The maximum atomic E-state index is 11.0. The zero-order valence-electron chi connectivity index (χ0n) is 11.4. The van der Waals surface area contributed by atoms with Gasteiger partial charge in [0.2, 0.25) is 0 Å². The third-order valence-electron chi connectivity index (χ3n) is 3.20. The van der Waals surface area contributed by atoms with Crippen LogP contribution in [0.25, 0.3) is 10.9 Å². The van der Waals surface area contributed by atoms with Crippen molar-refractivity contribution in [2.45, 2.75) is 6.54 Å². The quantitative estimate of drug-likeness (QED) is 0.585. The fraction of sp³-hybridized carbons (Fsp3) is 0.0667. The molecule has 0 saturated carbocycles. The predicted octanol–water partition coefficient (Wildman–Crippen LogP) is 3.80. The molecule has 3 aromatic rings. The van der Waals surface area contributed by atoms with E-state index in [-0.39, 0.29) is 10.7 Å². The third-order valence-corrected chi connectivity index (χ3v) is 3.51. The first-order chi connectivity index (χ1) is 10.6. The molecule has 3 rings (SSSR count). The van der Waals surface area contributed by atoms with Gasteiger partial charge in [-0.2, -0.15) is 0 Å². The molecule has 0 aliphatic heterocycles. The number of fused-ring (bicyclic) bond motifs is 1.